The lowest BCUT2D eigenvalue weighted by molar-refractivity contribution is -0.113. The number of imidazole rings is 1. The highest BCUT2D eigenvalue weighted by molar-refractivity contribution is 7.99. The van der Waals surface area contributed by atoms with Gasteiger partial charge < -0.3 is 15.2 Å². The summed E-state index contributed by atoms with van der Waals surface area (Å²) in [6.07, 6.45) is 5.95. The number of rotatable bonds is 9. The molecule has 1 atom stereocenters. The number of thioether (sulfide) groups is 1. The van der Waals surface area contributed by atoms with Gasteiger partial charge in [0.1, 0.15) is 0 Å². The molecule has 7 nitrogen and oxygen atoms in total. The van der Waals surface area contributed by atoms with Crippen LogP contribution in [0.1, 0.15) is 34.8 Å². The quantitative estimate of drug-likeness (QED) is 0.473. The molecule has 0 aliphatic carbocycles. The van der Waals surface area contributed by atoms with Gasteiger partial charge >= 0.3 is 0 Å². The number of carbonyl (C=O) groups is 2. The van der Waals surface area contributed by atoms with E-state index in [4.69, 9.17) is 0 Å². The average molecular weight is 464 g/mol. The Balaban J connectivity index is 1.30. The molecule has 0 saturated carbocycles. The first-order valence-electron chi connectivity index (χ1n) is 11.2. The van der Waals surface area contributed by atoms with E-state index in [1.54, 1.807) is 30.5 Å². The van der Waals surface area contributed by atoms with Crippen LogP contribution in [0.15, 0.2) is 72.1 Å². The molecule has 2 aromatic carbocycles. The fourth-order valence-electron chi connectivity index (χ4n) is 4.00. The SMILES string of the molecule is Cn1ccnc1SCC(=O)Nc1ccc(C(=O)NCC(c2ccccc2)N2CCCC2)cc1. The third kappa shape index (κ3) is 6.24. The summed E-state index contributed by atoms with van der Waals surface area (Å²) in [7, 11) is 1.89. The smallest absolute Gasteiger partial charge is 0.251 e. The van der Waals surface area contributed by atoms with Crippen molar-refractivity contribution in [2.45, 2.75) is 24.0 Å². The summed E-state index contributed by atoms with van der Waals surface area (Å²) < 4.78 is 1.87. The molecule has 1 aromatic heterocycles. The van der Waals surface area contributed by atoms with E-state index in [1.165, 1.54) is 30.2 Å². The minimum Gasteiger partial charge on any atom is -0.350 e. The third-order valence-corrected chi connectivity index (χ3v) is 6.82. The fraction of sp³-hybridized carbons (Fsp3) is 0.320. The van der Waals surface area contributed by atoms with Crippen molar-refractivity contribution in [2.24, 2.45) is 7.05 Å². The van der Waals surface area contributed by atoms with Crippen molar-refractivity contribution in [3.63, 3.8) is 0 Å². The van der Waals surface area contributed by atoms with Gasteiger partial charge in [0.15, 0.2) is 5.16 Å². The number of aryl methyl sites for hydroxylation is 1. The molecule has 0 spiro atoms. The van der Waals surface area contributed by atoms with Gasteiger partial charge in [-0.25, -0.2) is 4.98 Å². The van der Waals surface area contributed by atoms with Crippen molar-refractivity contribution >= 4 is 29.3 Å². The lowest BCUT2D eigenvalue weighted by atomic mass is 10.1. The van der Waals surface area contributed by atoms with Crippen LogP contribution in [-0.4, -0.2) is 51.7 Å². The maximum atomic E-state index is 12.8. The summed E-state index contributed by atoms with van der Waals surface area (Å²) in [4.78, 5) is 31.6. The minimum atomic E-state index is -0.114. The second-order valence-corrected chi connectivity index (χ2v) is 9.06. The van der Waals surface area contributed by atoms with Gasteiger partial charge in [0.25, 0.3) is 5.91 Å². The molecule has 33 heavy (non-hydrogen) atoms. The molecule has 2 N–H and O–H groups in total. The van der Waals surface area contributed by atoms with Gasteiger partial charge in [0.2, 0.25) is 5.91 Å². The highest BCUT2D eigenvalue weighted by Gasteiger charge is 2.24. The number of benzene rings is 2. The Morgan fingerprint density at radius 3 is 2.45 bits per heavy atom. The number of nitrogens with one attached hydrogen (secondary N) is 2. The molecular weight excluding hydrogens is 434 g/mol. The topological polar surface area (TPSA) is 79.3 Å². The largest absolute Gasteiger partial charge is 0.350 e. The molecule has 1 aliphatic rings. The van der Waals surface area contributed by atoms with Gasteiger partial charge in [-0.3, -0.25) is 14.5 Å². The van der Waals surface area contributed by atoms with E-state index < -0.39 is 0 Å². The second-order valence-electron chi connectivity index (χ2n) is 8.11. The summed E-state index contributed by atoms with van der Waals surface area (Å²) >= 11 is 1.38. The maximum Gasteiger partial charge on any atom is 0.251 e. The van der Waals surface area contributed by atoms with Crippen LogP contribution in [0.2, 0.25) is 0 Å². The first kappa shape index (κ1) is 23.1. The van der Waals surface area contributed by atoms with Crippen LogP contribution in [0.25, 0.3) is 0 Å². The van der Waals surface area contributed by atoms with E-state index in [1.807, 2.05) is 36.0 Å². The predicted octanol–water partition coefficient (Wildman–Crippen LogP) is 3.72. The van der Waals surface area contributed by atoms with Crippen LogP contribution in [0.4, 0.5) is 5.69 Å². The number of aromatic nitrogens is 2. The van der Waals surface area contributed by atoms with Crippen molar-refractivity contribution in [1.29, 1.82) is 0 Å². The molecule has 4 rings (SSSR count). The predicted molar refractivity (Wildman–Crippen MR) is 131 cm³/mol. The zero-order chi connectivity index (χ0) is 23.0. The lowest BCUT2D eigenvalue weighted by Gasteiger charge is -2.28. The summed E-state index contributed by atoms with van der Waals surface area (Å²) in [6, 6.07) is 17.5. The Hall–Kier alpha value is -3.10. The van der Waals surface area contributed by atoms with Crippen LogP contribution in [0.3, 0.4) is 0 Å². The third-order valence-electron chi connectivity index (χ3n) is 5.76. The van der Waals surface area contributed by atoms with E-state index in [-0.39, 0.29) is 23.6 Å². The molecule has 1 fully saturated rings. The van der Waals surface area contributed by atoms with Crippen LogP contribution >= 0.6 is 11.8 Å². The van der Waals surface area contributed by atoms with Crippen LogP contribution in [0, 0.1) is 0 Å². The van der Waals surface area contributed by atoms with Crippen molar-refractivity contribution in [3.05, 3.63) is 78.1 Å². The zero-order valence-electron chi connectivity index (χ0n) is 18.7. The number of likely N-dealkylation sites (tertiary alicyclic amines) is 1. The van der Waals surface area contributed by atoms with Gasteiger partial charge in [-0.05, 0) is 55.8 Å². The Labute approximate surface area is 198 Å². The Morgan fingerprint density at radius 2 is 1.79 bits per heavy atom. The monoisotopic (exact) mass is 463 g/mol. The van der Waals surface area contributed by atoms with Crippen LogP contribution in [0.5, 0.6) is 0 Å². The number of carbonyl (C=O) groups excluding carboxylic acids is 2. The van der Waals surface area contributed by atoms with E-state index in [0.717, 1.165) is 18.2 Å². The second kappa shape index (κ2) is 11.2. The Morgan fingerprint density at radius 1 is 1.06 bits per heavy atom. The van der Waals surface area contributed by atoms with Crippen LogP contribution in [-0.2, 0) is 11.8 Å². The summed E-state index contributed by atoms with van der Waals surface area (Å²) in [6.45, 7) is 2.68. The molecule has 2 heterocycles. The van der Waals surface area contributed by atoms with E-state index in [2.05, 4.69) is 32.7 Å². The summed E-state index contributed by atoms with van der Waals surface area (Å²) in [5.41, 5.74) is 2.46. The molecular formula is C25H29N5O2S. The van der Waals surface area contributed by atoms with Crippen molar-refractivity contribution in [1.82, 2.24) is 19.8 Å². The normalized spacial score (nSPS) is 14.7. The molecule has 8 heteroatoms. The van der Waals surface area contributed by atoms with Gasteiger partial charge in [0.05, 0.1) is 11.8 Å². The highest BCUT2D eigenvalue weighted by atomic mass is 32.2. The number of nitrogens with zero attached hydrogens (tertiary/aromatic N) is 3. The maximum absolute atomic E-state index is 12.8. The summed E-state index contributed by atoms with van der Waals surface area (Å²) in [5.74, 6) is 0.0413. The Kier molecular flexibility index (Phi) is 7.80. The number of hydrogen-bond donors (Lipinski definition) is 2. The Bertz CT molecular complexity index is 1060. The van der Waals surface area contributed by atoms with E-state index >= 15 is 0 Å². The van der Waals surface area contributed by atoms with Gasteiger partial charge in [-0.2, -0.15) is 0 Å². The lowest BCUT2D eigenvalue weighted by Crippen LogP contribution is -2.36. The van der Waals surface area contributed by atoms with Crippen molar-refractivity contribution in [2.75, 3.05) is 30.7 Å². The van der Waals surface area contributed by atoms with E-state index in [9.17, 15) is 9.59 Å². The summed E-state index contributed by atoms with van der Waals surface area (Å²) in [5, 5.41) is 6.75. The highest BCUT2D eigenvalue weighted by Crippen LogP contribution is 2.24. The van der Waals surface area contributed by atoms with Crippen molar-refractivity contribution < 1.29 is 9.59 Å². The first-order chi connectivity index (χ1) is 16.1. The molecule has 1 saturated heterocycles. The molecule has 1 aliphatic heterocycles. The molecule has 3 aromatic rings. The zero-order valence-corrected chi connectivity index (χ0v) is 19.6. The minimum absolute atomic E-state index is 0.113. The first-order valence-corrected chi connectivity index (χ1v) is 12.2. The number of amides is 2. The molecule has 0 bridgehead atoms. The van der Waals surface area contributed by atoms with Gasteiger partial charge in [-0.1, -0.05) is 42.1 Å². The average Bonchev–Trinajstić information content (AvgIpc) is 3.51. The molecule has 1 unspecified atom stereocenters. The van der Waals surface area contributed by atoms with E-state index in [0.29, 0.717) is 17.8 Å². The number of anilines is 1. The van der Waals surface area contributed by atoms with Gasteiger partial charge in [0, 0.05) is 37.2 Å². The molecule has 172 valence electrons. The van der Waals surface area contributed by atoms with Crippen LogP contribution < -0.4 is 10.6 Å². The molecule has 0 radical (unpaired) electrons. The number of hydrogen-bond acceptors (Lipinski definition) is 5. The van der Waals surface area contributed by atoms with Crippen molar-refractivity contribution in [3.8, 4) is 0 Å². The fourth-order valence-corrected chi connectivity index (χ4v) is 4.73. The standard InChI is InChI=1S/C25H29N5O2S/c1-29-16-13-26-25(29)33-18-23(31)28-21-11-9-20(10-12-21)24(32)27-17-22(30-14-5-6-15-30)19-7-3-2-4-8-19/h2-4,7-13,16,22H,5-6,14-15,17-18H2,1H3,(H,27,32)(H,28,31). The van der Waals surface area contributed by atoms with Gasteiger partial charge in [-0.15, -0.1) is 0 Å². The molecule has 2 amide bonds.